The summed E-state index contributed by atoms with van der Waals surface area (Å²) in [6.07, 6.45) is 0.885. The minimum Gasteiger partial charge on any atom is -0.480 e. The second-order valence-electron chi connectivity index (χ2n) is 6.65. The van der Waals surface area contributed by atoms with Crippen molar-refractivity contribution in [2.45, 2.75) is 52.5 Å². The van der Waals surface area contributed by atoms with Gasteiger partial charge in [0.1, 0.15) is 0 Å². The van der Waals surface area contributed by atoms with Crippen LogP contribution in [0, 0.1) is 0 Å². The summed E-state index contributed by atoms with van der Waals surface area (Å²) in [6.45, 7) is 11.6. The average molecular weight is 277 g/mol. The Morgan fingerprint density at radius 2 is 1.75 bits per heavy atom. The van der Waals surface area contributed by atoms with Gasteiger partial charge >= 0.3 is 5.97 Å². The van der Waals surface area contributed by atoms with Crippen molar-refractivity contribution in [2.75, 3.05) is 13.1 Å². The van der Waals surface area contributed by atoms with Crippen LogP contribution in [-0.4, -0.2) is 35.1 Å². The molecule has 0 amide bonds. The fourth-order valence-corrected chi connectivity index (χ4v) is 2.14. The van der Waals surface area contributed by atoms with Crippen LogP contribution in [-0.2, 0) is 16.6 Å². The highest BCUT2D eigenvalue weighted by Gasteiger charge is 2.14. The van der Waals surface area contributed by atoms with Gasteiger partial charge in [0.25, 0.3) is 0 Å². The summed E-state index contributed by atoms with van der Waals surface area (Å²) in [5.41, 5.74) is 2.76. The van der Waals surface area contributed by atoms with E-state index in [1.807, 2.05) is 18.7 Å². The van der Waals surface area contributed by atoms with E-state index in [0.29, 0.717) is 0 Å². The third-order valence-corrected chi connectivity index (χ3v) is 3.58. The summed E-state index contributed by atoms with van der Waals surface area (Å²) in [5.74, 6) is -0.762. The number of hydrogen-bond donors (Lipinski definition) is 1. The van der Waals surface area contributed by atoms with Crippen LogP contribution >= 0.6 is 0 Å². The number of nitrogens with zero attached hydrogens (tertiary/aromatic N) is 1. The van der Waals surface area contributed by atoms with Gasteiger partial charge in [0, 0.05) is 12.6 Å². The molecule has 1 aromatic rings. The number of aliphatic carboxylic acids is 1. The van der Waals surface area contributed by atoms with Crippen LogP contribution in [0.2, 0.25) is 0 Å². The second kappa shape index (κ2) is 6.89. The van der Waals surface area contributed by atoms with Crippen molar-refractivity contribution in [3.05, 3.63) is 35.4 Å². The molecule has 1 aromatic carbocycles. The van der Waals surface area contributed by atoms with Crippen LogP contribution in [0.3, 0.4) is 0 Å². The minimum atomic E-state index is -0.762. The standard InChI is InChI=1S/C17H27NO2/c1-13(2)18(12-16(19)20)11-10-14-6-8-15(9-7-14)17(3,4)5/h6-9,13H,10-12H2,1-5H3,(H,19,20). The van der Waals surface area contributed by atoms with Crippen molar-refractivity contribution in [1.29, 1.82) is 0 Å². The molecule has 0 fully saturated rings. The smallest absolute Gasteiger partial charge is 0.317 e. The van der Waals surface area contributed by atoms with Gasteiger partial charge < -0.3 is 5.11 Å². The first-order chi connectivity index (χ1) is 9.20. The third kappa shape index (κ3) is 5.33. The molecule has 1 rings (SSSR count). The Morgan fingerprint density at radius 3 is 2.15 bits per heavy atom. The molecule has 0 radical (unpaired) electrons. The number of carboxylic acids is 1. The van der Waals surface area contributed by atoms with E-state index < -0.39 is 5.97 Å². The molecule has 0 aliphatic rings. The molecule has 1 N–H and O–H groups in total. The molecule has 0 atom stereocenters. The first kappa shape index (κ1) is 16.7. The lowest BCUT2D eigenvalue weighted by atomic mass is 9.86. The summed E-state index contributed by atoms with van der Waals surface area (Å²) >= 11 is 0. The van der Waals surface area contributed by atoms with Gasteiger partial charge in [-0.3, -0.25) is 9.69 Å². The Labute approximate surface area is 122 Å². The van der Waals surface area contributed by atoms with Gasteiger partial charge in [-0.05, 0) is 36.8 Å². The molecule has 3 nitrogen and oxygen atoms in total. The van der Waals surface area contributed by atoms with Crippen LogP contribution in [0.1, 0.15) is 45.7 Å². The van der Waals surface area contributed by atoms with Crippen molar-refractivity contribution >= 4 is 5.97 Å². The lowest BCUT2D eigenvalue weighted by Crippen LogP contribution is -2.37. The molecule has 112 valence electrons. The Morgan fingerprint density at radius 1 is 1.20 bits per heavy atom. The molecule has 0 spiro atoms. The predicted molar refractivity (Wildman–Crippen MR) is 83.2 cm³/mol. The van der Waals surface area contributed by atoms with Crippen molar-refractivity contribution < 1.29 is 9.90 Å². The fraction of sp³-hybridized carbons (Fsp3) is 0.588. The predicted octanol–water partition coefficient (Wildman–Crippen LogP) is 3.32. The number of carboxylic acid groups (broad SMARTS) is 1. The number of rotatable bonds is 6. The highest BCUT2D eigenvalue weighted by molar-refractivity contribution is 5.69. The second-order valence-corrected chi connectivity index (χ2v) is 6.65. The van der Waals surface area contributed by atoms with Gasteiger partial charge in [-0.15, -0.1) is 0 Å². The average Bonchev–Trinajstić information content (AvgIpc) is 2.33. The van der Waals surface area contributed by atoms with Crippen molar-refractivity contribution in [3.63, 3.8) is 0 Å². The largest absolute Gasteiger partial charge is 0.480 e. The van der Waals surface area contributed by atoms with Crippen molar-refractivity contribution in [1.82, 2.24) is 4.90 Å². The molecule has 0 saturated heterocycles. The Kier molecular flexibility index (Phi) is 5.75. The van der Waals surface area contributed by atoms with Gasteiger partial charge in [0.15, 0.2) is 0 Å². The van der Waals surface area contributed by atoms with E-state index in [2.05, 4.69) is 45.0 Å². The molecule has 3 heteroatoms. The van der Waals surface area contributed by atoms with Crippen LogP contribution < -0.4 is 0 Å². The van der Waals surface area contributed by atoms with Crippen LogP contribution in [0.5, 0.6) is 0 Å². The van der Waals surface area contributed by atoms with Gasteiger partial charge in [0.05, 0.1) is 6.54 Å². The summed E-state index contributed by atoms with van der Waals surface area (Å²) in [5, 5.41) is 8.91. The van der Waals surface area contributed by atoms with Gasteiger partial charge in [0.2, 0.25) is 0 Å². The maximum Gasteiger partial charge on any atom is 0.317 e. The zero-order valence-electron chi connectivity index (χ0n) is 13.3. The molecule has 20 heavy (non-hydrogen) atoms. The van der Waals surface area contributed by atoms with E-state index in [1.54, 1.807) is 0 Å². The normalized spacial score (nSPS) is 12.2. The summed E-state index contributed by atoms with van der Waals surface area (Å²) < 4.78 is 0. The van der Waals surface area contributed by atoms with E-state index >= 15 is 0 Å². The zero-order chi connectivity index (χ0) is 15.3. The van der Waals surface area contributed by atoms with E-state index in [9.17, 15) is 4.79 Å². The molecule has 0 unspecified atom stereocenters. The first-order valence-electron chi connectivity index (χ1n) is 7.25. The number of benzene rings is 1. The van der Waals surface area contributed by atoms with E-state index in [-0.39, 0.29) is 18.0 Å². The molecule has 0 aromatic heterocycles. The molecular weight excluding hydrogens is 250 g/mol. The Hall–Kier alpha value is -1.35. The minimum absolute atomic E-state index is 0.109. The number of carbonyl (C=O) groups is 1. The third-order valence-electron chi connectivity index (χ3n) is 3.58. The van der Waals surface area contributed by atoms with Crippen molar-refractivity contribution in [2.24, 2.45) is 0 Å². The molecule has 0 bridgehead atoms. The van der Waals surface area contributed by atoms with Crippen LogP contribution in [0.15, 0.2) is 24.3 Å². The SMILES string of the molecule is CC(C)N(CCc1ccc(C(C)(C)C)cc1)CC(=O)O. The number of hydrogen-bond acceptors (Lipinski definition) is 2. The van der Waals surface area contributed by atoms with Gasteiger partial charge in [-0.25, -0.2) is 0 Å². The quantitative estimate of drug-likeness (QED) is 0.867. The van der Waals surface area contributed by atoms with Gasteiger partial charge in [-0.1, -0.05) is 45.0 Å². The lowest BCUT2D eigenvalue weighted by Gasteiger charge is -2.24. The monoisotopic (exact) mass is 277 g/mol. The van der Waals surface area contributed by atoms with Crippen LogP contribution in [0.4, 0.5) is 0 Å². The zero-order valence-corrected chi connectivity index (χ0v) is 13.3. The van der Waals surface area contributed by atoms with Crippen molar-refractivity contribution in [3.8, 4) is 0 Å². The summed E-state index contributed by atoms with van der Waals surface area (Å²) in [7, 11) is 0. The van der Waals surface area contributed by atoms with E-state index in [4.69, 9.17) is 5.11 Å². The highest BCUT2D eigenvalue weighted by Crippen LogP contribution is 2.22. The van der Waals surface area contributed by atoms with E-state index in [0.717, 1.165) is 13.0 Å². The van der Waals surface area contributed by atoms with Gasteiger partial charge in [-0.2, -0.15) is 0 Å². The van der Waals surface area contributed by atoms with E-state index in [1.165, 1.54) is 11.1 Å². The van der Waals surface area contributed by atoms with Crippen LogP contribution in [0.25, 0.3) is 0 Å². The summed E-state index contributed by atoms with van der Waals surface area (Å²) in [4.78, 5) is 12.8. The molecule has 0 aliphatic heterocycles. The highest BCUT2D eigenvalue weighted by atomic mass is 16.4. The molecule has 0 heterocycles. The Bertz CT molecular complexity index is 429. The maximum absolute atomic E-state index is 10.8. The fourth-order valence-electron chi connectivity index (χ4n) is 2.14. The topological polar surface area (TPSA) is 40.5 Å². The lowest BCUT2D eigenvalue weighted by molar-refractivity contribution is -0.138. The molecule has 0 saturated carbocycles. The summed E-state index contributed by atoms with van der Waals surface area (Å²) in [6, 6.07) is 8.90. The Balaban J connectivity index is 2.62. The molecular formula is C17H27NO2. The maximum atomic E-state index is 10.8. The molecule has 0 aliphatic carbocycles. The first-order valence-corrected chi connectivity index (χ1v) is 7.25.